The molecule has 2 aromatic rings. The summed E-state index contributed by atoms with van der Waals surface area (Å²) in [5, 5.41) is 0.597. The van der Waals surface area contributed by atoms with Crippen molar-refractivity contribution in [2.45, 2.75) is 11.3 Å². The van der Waals surface area contributed by atoms with Gasteiger partial charge < -0.3 is 9.80 Å². The summed E-state index contributed by atoms with van der Waals surface area (Å²) in [6.07, 6.45) is -3.48. The molecule has 27 heavy (non-hydrogen) atoms. The molecule has 0 atom stereocenters. The third-order valence-electron chi connectivity index (χ3n) is 4.05. The normalized spacial score (nSPS) is 15.1. The second-order valence-electron chi connectivity index (χ2n) is 5.86. The van der Waals surface area contributed by atoms with Crippen molar-refractivity contribution < 1.29 is 18.0 Å². The Morgan fingerprint density at radius 2 is 1.93 bits per heavy atom. The van der Waals surface area contributed by atoms with Crippen molar-refractivity contribution in [3.05, 3.63) is 47.2 Å². The molecule has 3 rings (SSSR count). The van der Waals surface area contributed by atoms with E-state index in [1.54, 1.807) is 11.0 Å². The molecular formula is C17H16ClF3N4OS. The second kappa shape index (κ2) is 8.35. The van der Waals surface area contributed by atoms with Crippen molar-refractivity contribution in [3.63, 3.8) is 0 Å². The molecule has 10 heteroatoms. The van der Waals surface area contributed by atoms with Gasteiger partial charge in [-0.3, -0.25) is 4.79 Å². The van der Waals surface area contributed by atoms with E-state index in [9.17, 15) is 18.0 Å². The molecule has 0 aliphatic carbocycles. The van der Waals surface area contributed by atoms with Crippen LogP contribution in [-0.2, 0) is 11.0 Å². The molecule has 1 fully saturated rings. The lowest BCUT2D eigenvalue weighted by Gasteiger charge is -2.36. The van der Waals surface area contributed by atoms with Crippen LogP contribution in [0.15, 0.2) is 41.7 Å². The molecule has 1 aliphatic rings. The van der Waals surface area contributed by atoms with Gasteiger partial charge in [-0.05, 0) is 24.3 Å². The van der Waals surface area contributed by atoms with Gasteiger partial charge in [0.2, 0.25) is 5.91 Å². The number of nitrogens with zero attached hydrogens (tertiary/aromatic N) is 4. The highest BCUT2D eigenvalue weighted by molar-refractivity contribution is 7.99. The summed E-state index contributed by atoms with van der Waals surface area (Å²) in [5.41, 5.74) is -0.0103. The average Bonchev–Trinajstić information content (AvgIpc) is 2.66. The lowest BCUT2D eigenvalue weighted by atomic mass is 10.2. The fourth-order valence-corrected chi connectivity index (χ4v) is 3.59. The Hall–Kier alpha value is -2.00. The quantitative estimate of drug-likeness (QED) is 0.563. The Kier molecular flexibility index (Phi) is 6.11. The van der Waals surface area contributed by atoms with E-state index < -0.39 is 11.9 Å². The van der Waals surface area contributed by atoms with Crippen LogP contribution in [0.3, 0.4) is 0 Å². The molecule has 0 spiro atoms. The number of benzene rings is 1. The number of alkyl halides is 3. The van der Waals surface area contributed by atoms with Gasteiger partial charge in [0.15, 0.2) is 5.16 Å². The first-order chi connectivity index (χ1) is 12.8. The van der Waals surface area contributed by atoms with Crippen LogP contribution in [0, 0.1) is 0 Å². The number of hydrogen-bond acceptors (Lipinski definition) is 5. The van der Waals surface area contributed by atoms with Crippen molar-refractivity contribution in [2.75, 3.05) is 36.8 Å². The van der Waals surface area contributed by atoms with Crippen LogP contribution in [0.25, 0.3) is 0 Å². The Labute approximate surface area is 163 Å². The molecule has 1 saturated heterocycles. The minimum absolute atomic E-state index is 0.00151. The van der Waals surface area contributed by atoms with Crippen LogP contribution in [0.2, 0.25) is 5.02 Å². The predicted octanol–water partition coefficient (Wildman–Crippen LogP) is 3.59. The smallest absolute Gasteiger partial charge is 0.368 e. The van der Waals surface area contributed by atoms with Crippen molar-refractivity contribution >= 4 is 35.0 Å². The van der Waals surface area contributed by atoms with Crippen LogP contribution in [0.1, 0.15) is 5.69 Å². The van der Waals surface area contributed by atoms with Gasteiger partial charge in [0, 0.05) is 43.1 Å². The molecule has 5 nitrogen and oxygen atoms in total. The summed E-state index contributed by atoms with van der Waals surface area (Å²) in [6.45, 7) is 2.40. The van der Waals surface area contributed by atoms with Crippen molar-refractivity contribution in [1.29, 1.82) is 0 Å². The zero-order chi connectivity index (χ0) is 19.4. The number of hydrogen-bond donors (Lipinski definition) is 0. The highest BCUT2D eigenvalue weighted by Crippen LogP contribution is 2.28. The van der Waals surface area contributed by atoms with E-state index >= 15 is 0 Å². The van der Waals surface area contributed by atoms with Crippen LogP contribution in [0.4, 0.5) is 18.9 Å². The Balaban J connectivity index is 1.51. The zero-order valence-corrected chi connectivity index (χ0v) is 15.7. The molecule has 1 aromatic carbocycles. The Bertz CT molecular complexity index is 813. The minimum Gasteiger partial charge on any atom is -0.368 e. The van der Waals surface area contributed by atoms with Gasteiger partial charge in [-0.1, -0.05) is 29.4 Å². The summed E-state index contributed by atoms with van der Waals surface area (Å²) in [4.78, 5) is 23.4. The summed E-state index contributed by atoms with van der Waals surface area (Å²) in [7, 11) is 0. The molecule has 1 aromatic heterocycles. The lowest BCUT2D eigenvalue weighted by molar-refractivity contribution is -0.141. The fourth-order valence-electron chi connectivity index (χ4n) is 2.67. The number of aromatic nitrogens is 2. The van der Waals surface area contributed by atoms with Crippen LogP contribution < -0.4 is 4.90 Å². The fraction of sp³-hybridized carbons (Fsp3) is 0.353. The Morgan fingerprint density at radius 1 is 1.19 bits per heavy atom. The van der Waals surface area contributed by atoms with Gasteiger partial charge in [-0.15, -0.1) is 0 Å². The van der Waals surface area contributed by atoms with E-state index in [-0.39, 0.29) is 16.8 Å². The van der Waals surface area contributed by atoms with Crippen LogP contribution in [-0.4, -0.2) is 52.7 Å². The van der Waals surface area contributed by atoms with Crippen molar-refractivity contribution in [3.8, 4) is 0 Å². The molecule has 0 radical (unpaired) electrons. The molecular weight excluding hydrogens is 401 g/mol. The van der Waals surface area contributed by atoms with E-state index in [0.717, 1.165) is 29.7 Å². The number of carbonyl (C=O) groups excluding carboxylic acids is 1. The van der Waals surface area contributed by atoms with Crippen LogP contribution >= 0.6 is 23.4 Å². The monoisotopic (exact) mass is 416 g/mol. The number of piperazine rings is 1. The molecule has 0 unspecified atom stereocenters. The largest absolute Gasteiger partial charge is 0.433 e. The Morgan fingerprint density at radius 3 is 2.59 bits per heavy atom. The van der Waals surface area contributed by atoms with E-state index in [4.69, 9.17) is 11.6 Å². The first-order valence-corrected chi connectivity index (χ1v) is 9.50. The number of rotatable bonds is 4. The summed E-state index contributed by atoms with van der Waals surface area (Å²) < 4.78 is 38.0. The lowest BCUT2D eigenvalue weighted by Crippen LogP contribution is -2.49. The number of anilines is 1. The van der Waals surface area contributed by atoms with Gasteiger partial charge in [-0.25, -0.2) is 9.97 Å². The minimum atomic E-state index is -4.53. The van der Waals surface area contributed by atoms with Gasteiger partial charge in [-0.2, -0.15) is 13.2 Å². The summed E-state index contributed by atoms with van der Waals surface area (Å²) in [6, 6.07) is 8.32. The maximum absolute atomic E-state index is 12.7. The third kappa shape index (κ3) is 5.26. The van der Waals surface area contributed by atoms with E-state index in [1.807, 2.05) is 18.2 Å². The molecule has 0 saturated carbocycles. The third-order valence-corrected chi connectivity index (χ3v) is 5.14. The summed E-state index contributed by atoms with van der Waals surface area (Å²) in [5.74, 6) is -0.148. The zero-order valence-electron chi connectivity index (χ0n) is 14.1. The molecule has 144 valence electrons. The van der Waals surface area contributed by atoms with E-state index in [1.165, 1.54) is 0 Å². The highest BCUT2D eigenvalue weighted by atomic mass is 35.5. The SMILES string of the molecule is O=C(CSc1nccc(C(F)(F)F)n1)N1CCN(c2cccc(Cl)c2)CC1. The number of thioether (sulfide) groups is 1. The molecule has 1 amide bonds. The van der Waals surface area contributed by atoms with Crippen molar-refractivity contribution in [1.82, 2.24) is 14.9 Å². The highest BCUT2D eigenvalue weighted by Gasteiger charge is 2.33. The van der Waals surface area contributed by atoms with Gasteiger partial charge in [0.1, 0.15) is 5.69 Å². The maximum atomic E-state index is 12.7. The first-order valence-electron chi connectivity index (χ1n) is 8.14. The summed E-state index contributed by atoms with van der Waals surface area (Å²) >= 11 is 6.91. The van der Waals surface area contributed by atoms with Gasteiger partial charge in [0.05, 0.1) is 5.75 Å². The first kappa shape index (κ1) is 19.8. The van der Waals surface area contributed by atoms with Gasteiger partial charge >= 0.3 is 6.18 Å². The van der Waals surface area contributed by atoms with Crippen molar-refractivity contribution in [2.24, 2.45) is 0 Å². The number of carbonyl (C=O) groups is 1. The molecule has 1 aliphatic heterocycles. The second-order valence-corrected chi connectivity index (χ2v) is 7.24. The molecule has 0 N–H and O–H groups in total. The number of halogens is 4. The molecule has 2 heterocycles. The average molecular weight is 417 g/mol. The van der Waals surface area contributed by atoms with E-state index in [2.05, 4.69) is 14.9 Å². The predicted molar refractivity (Wildman–Crippen MR) is 98.0 cm³/mol. The number of amides is 1. The topological polar surface area (TPSA) is 49.3 Å². The van der Waals surface area contributed by atoms with Gasteiger partial charge in [0.25, 0.3) is 0 Å². The molecule has 0 bridgehead atoms. The van der Waals surface area contributed by atoms with E-state index in [0.29, 0.717) is 31.2 Å². The maximum Gasteiger partial charge on any atom is 0.433 e. The van der Waals surface area contributed by atoms with Crippen LogP contribution in [0.5, 0.6) is 0 Å². The standard InChI is InChI=1S/C17H16ClF3N4OS/c18-12-2-1-3-13(10-12)24-6-8-25(9-7-24)15(26)11-27-16-22-5-4-14(23-16)17(19,20)21/h1-5,10H,6-9,11H2.